The third-order valence-electron chi connectivity index (χ3n) is 6.91. The van der Waals surface area contributed by atoms with Crippen LogP contribution in [0.25, 0.3) is 0 Å². The lowest BCUT2D eigenvalue weighted by atomic mass is 9.69. The summed E-state index contributed by atoms with van der Waals surface area (Å²) in [5.74, 6) is 0.861. The number of carbonyl (C=O) groups is 2. The van der Waals surface area contributed by atoms with Crippen LogP contribution in [-0.2, 0) is 0 Å². The van der Waals surface area contributed by atoms with Crippen molar-refractivity contribution >= 4 is 11.8 Å². The minimum absolute atomic E-state index is 0.337. The standard InChI is InChI=1S/C29H36N2O5/c1-19-22(13-12-14-23(19)34-6)26(32)30-31(29(28(3,4)5)15-10-9-11-16-29)27(33)21-17-24(35-7)20(2)25(18-21)36-8/h9-15,17-18H,16H2,1-8H3,(H,30,32). The van der Waals surface area contributed by atoms with E-state index < -0.39 is 16.9 Å². The van der Waals surface area contributed by atoms with Gasteiger partial charge in [-0.2, -0.15) is 0 Å². The van der Waals surface area contributed by atoms with Crippen LogP contribution >= 0.6 is 0 Å². The number of amides is 2. The predicted molar refractivity (Wildman–Crippen MR) is 141 cm³/mol. The van der Waals surface area contributed by atoms with Crippen LogP contribution in [0, 0.1) is 19.3 Å². The molecule has 1 unspecified atom stereocenters. The fourth-order valence-electron chi connectivity index (χ4n) is 4.58. The normalized spacial score (nSPS) is 16.9. The highest BCUT2D eigenvalue weighted by atomic mass is 16.5. The first-order chi connectivity index (χ1) is 17.0. The van der Waals surface area contributed by atoms with E-state index in [9.17, 15) is 9.59 Å². The van der Waals surface area contributed by atoms with Crippen molar-refractivity contribution in [3.63, 3.8) is 0 Å². The van der Waals surface area contributed by atoms with Crippen LogP contribution in [0.3, 0.4) is 0 Å². The summed E-state index contributed by atoms with van der Waals surface area (Å²) in [5, 5.41) is 1.46. The molecule has 0 fully saturated rings. The summed E-state index contributed by atoms with van der Waals surface area (Å²) in [5.41, 5.74) is 3.91. The lowest BCUT2D eigenvalue weighted by Gasteiger charge is -2.50. The van der Waals surface area contributed by atoms with E-state index in [4.69, 9.17) is 14.2 Å². The zero-order valence-electron chi connectivity index (χ0n) is 22.4. The van der Waals surface area contributed by atoms with E-state index in [2.05, 4.69) is 26.2 Å². The number of hydrogen-bond acceptors (Lipinski definition) is 5. The van der Waals surface area contributed by atoms with Crippen molar-refractivity contribution in [3.8, 4) is 17.2 Å². The quantitative estimate of drug-likeness (QED) is 0.545. The Hall–Kier alpha value is -3.74. The Morgan fingerprint density at radius 2 is 1.53 bits per heavy atom. The van der Waals surface area contributed by atoms with Gasteiger partial charge in [0.1, 0.15) is 17.2 Å². The number of ether oxygens (including phenoxy) is 3. The molecular formula is C29H36N2O5. The monoisotopic (exact) mass is 492 g/mol. The topological polar surface area (TPSA) is 77.1 Å². The highest BCUT2D eigenvalue weighted by molar-refractivity contribution is 6.01. The molecule has 7 nitrogen and oxygen atoms in total. The van der Waals surface area contributed by atoms with Gasteiger partial charge in [-0.3, -0.25) is 15.0 Å². The number of nitrogens with one attached hydrogen (secondary N) is 1. The molecule has 0 radical (unpaired) electrons. The van der Waals surface area contributed by atoms with Gasteiger partial charge in [0.15, 0.2) is 0 Å². The lowest BCUT2D eigenvalue weighted by molar-refractivity contribution is 0.000801. The van der Waals surface area contributed by atoms with Crippen LogP contribution in [0.2, 0.25) is 0 Å². The van der Waals surface area contributed by atoms with E-state index in [0.29, 0.717) is 40.4 Å². The summed E-state index contributed by atoms with van der Waals surface area (Å²) in [6, 6.07) is 8.62. The van der Waals surface area contributed by atoms with Crippen LogP contribution in [-0.4, -0.2) is 43.7 Å². The Labute approximate surface area is 213 Å². The average Bonchev–Trinajstić information content (AvgIpc) is 2.86. The molecule has 0 saturated carbocycles. The molecule has 0 aromatic heterocycles. The Morgan fingerprint density at radius 1 is 0.917 bits per heavy atom. The molecule has 36 heavy (non-hydrogen) atoms. The van der Waals surface area contributed by atoms with Crippen LogP contribution < -0.4 is 19.6 Å². The summed E-state index contributed by atoms with van der Waals surface area (Å²) >= 11 is 0. The maximum Gasteiger partial charge on any atom is 0.273 e. The Morgan fingerprint density at radius 3 is 2.03 bits per heavy atom. The number of hydrogen-bond donors (Lipinski definition) is 1. The summed E-state index contributed by atoms with van der Waals surface area (Å²) in [6.45, 7) is 9.84. The second-order valence-corrected chi connectivity index (χ2v) is 9.89. The third-order valence-corrected chi connectivity index (χ3v) is 6.91. The number of allylic oxidation sites excluding steroid dienone is 2. The van der Waals surface area contributed by atoms with Crippen molar-refractivity contribution < 1.29 is 23.8 Å². The first kappa shape index (κ1) is 26.9. The molecule has 192 valence electrons. The first-order valence-corrected chi connectivity index (χ1v) is 11.9. The van der Waals surface area contributed by atoms with Crippen molar-refractivity contribution in [1.29, 1.82) is 0 Å². The molecule has 0 bridgehead atoms. The van der Waals surface area contributed by atoms with Gasteiger partial charge in [0.05, 0.1) is 26.9 Å². The van der Waals surface area contributed by atoms with E-state index >= 15 is 0 Å². The van der Waals surface area contributed by atoms with Gasteiger partial charge in [-0.25, -0.2) is 5.01 Å². The number of nitrogens with zero attached hydrogens (tertiary/aromatic N) is 1. The highest BCUT2D eigenvalue weighted by Crippen LogP contribution is 2.42. The van der Waals surface area contributed by atoms with Gasteiger partial charge < -0.3 is 14.2 Å². The fourth-order valence-corrected chi connectivity index (χ4v) is 4.58. The summed E-state index contributed by atoms with van der Waals surface area (Å²) in [6.07, 6.45) is 8.36. The molecule has 7 heteroatoms. The molecule has 3 rings (SSSR count). The minimum atomic E-state index is -0.841. The summed E-state index contributed by atoms with van der Waals surface area (Å²) in [7, 11) is 4.66. The number of methoxy groups -OCH3 is 3. The summed E-state index contributed by atoms with van der Waals surface area (Å²) in [4.78, 5) is 27.9. The molecular weight excluding hydrogens is 456 g/mol. The molecule has 2 amide bonds. The van der Waals surface area contributed by atoms with Crippen molar-refractivity contribution in [2.75, 3.05) is 21.3 Å². The summed E-state index contributed by atoms with van der Waals surface area (Å²) < 4.78 is 16.4. The maximum atomic E-state index is 14.2. The van der Waals surface area contributed by atoms with Crippen LogP contribution in [0.5, 0.6) is 17.2 Å². The van der Waals surface area contributed by atoms with Gasteiger partial charge in [-0.15, -0.1) is 0 Å². The average molecular weight is 493 g/mol. The molecule has 2 aromatic carbocycles. The number of benzene rings is 2. The van der Waals surface area contributed by atoms with Crippen molar-refractivity contribution in [2.45, 2.75) is 46.6 Å². The molecule has 1 aliphatic rings. The Bertz CT molecular complexity index is 1180. The van der Waals surface area contributed by atoms with Crippen molar-refractivity contribution in [3.05, 3.63) is 76.9 Å². The van der Waals surface area contributed by atoms with E-state index in [1.165, 1.54) is 5.01 Å². The Kier molecular flexibility index (Phi) is 7.82. The third kappa shape index (κ3) is 4.83. The van der Waals surface area contributed by atoms with Crippen LogP contribution in [0.4, 0.5) is 0 Å². The molecule has 0 heterocycles. The molecule has 1 aliphatic carbocycles. The Balaban J connectivity index is 2.17. The number of hydrazine groups is 1. The van der Waals surface area contributed by atoms with E-state index in [0.717, 1.165) is 5.56 Å². The minimum Gasteiger partial charge on any atom is -0.496 e. The van der Waals surface area contributed by atoms with Gasteiger partial charge in [-0.1, -0.05) is 51.1 Å². The smallest absolute Gasteiger partial charge is 0.273 e. The zero-order valence-corrected chi connectivity index (χ0v) is 22.4. The molecule has 1 atom stereocenters. The largest absolute Gasteiger partial charge is 0.496 e. The van der Waals surface area contributed by atoms with Gasteiger partial charge in [0.2, 0.25) is 0 Å². The molecule has 0 spiro atoms. The maximum absolute atomic E-state index is 14.2. The molecule has 1 N–H and O–H groups in total. The molecule has 0 saturated heterocycles. The first-order valence-electron chi connectivity index (χ1n) is 11.9. The van der Waals surface area contributed by atoms with Gasteiger partial charge in [-0.05, 0) is 49.9 Å². The SMILES string of the molecule is COc1cc(C(=O)N(NC(=O)c2cccc(OC)c2C)C2(C(C)(C)C)C=CC=CC2)cc(OC)c1C. The number of carbonyl (C=O) groups excluding carboxylic acids is 2. The van der Waals surface area contributed by atoms with E-state index in [1.807, 2.05) is 38.2 Å². The molecule has 2 aromatic rings. The molecule has 0 aliphatic heterocycles. The van der Waals surface area contributed by atoms with Gasteiger partial charge in [0, 0.05) is 22.3 Å². The second kappa shape index (κ2) is 10.5. The highest BCUT2D eigenvalue weighted by Gasteiger charge is 2.48. The van der Waals surface area contributed by atoms with Crippen molar-refractivity contribution in [1.82, 2.24) is 10.4 Å². The van der Waals surface area contributed by atoms with Crippen LogP contribution in [0.1, 0.15) is 59.0 Å². The predicted octanol–water partition coefficient (Wildman–Crippen LogP) is 5.42. The van der Waals surface area contributed by atoms with E-state index in [-0.39, 0.29) is 5.91 Å². The van der Waals surface area contributed by atoms with Crippen LogP contribution in [0.15, 0.2) is 54.6 Å². The zero-order chi connectivity index (χ0) is 26.7. The fraction of sp³-hybridized carbons (Fsp3) is 0.379. The van der Waals surface area contributed by atoms with Gasteiger partial charge in [0.25, 0.3) is 11.8 Å². The number of rotatable bonds is 6. The van der Waals surface area contributed by atoms with E-state index in [1.54, 1.807) is 51.7 Å². The lowest BCUT2D eigenvalue weighted by Crippen LogP contribution is -2.64. The van der Waals surface area contributed by atoms with Gasteiger partial charge >= 0.3 is 0 Å². The van der Waals surface area contributed by atoms with Crippen molar-refractivity contribution in [2.24, 2.45) is 5.41 Å². The second-order valence-electron chi connectivity index (χ2n) is 9.89.